The third-order valence-corrected chi connectivity index (χ3v) is 6.45. The van der Waals surface area contributed by atoms with Crippen LogP contribution in [-0.2, 0) is 4.79 Å². The summed E-state index contributed by atoms with van der Waals surface area (Å²) in [5, 5.41) is 0. The van der Waals surface area contributed by atoms with Crippen LogP contribution in [0.15, 0.2) is 0 Å². The van der Waals surface area contributed by atoms with Gasteiger partial charge in [-0.1, -0.05) is 51.7 Å². The van der Waals surface area contributed by atoms with Crippen molar-refractivity contribution >= 4 is 23.1 Å². The maximum absolute atomic E-state index is 13.2. The molecular weight excluding hydrogens is 280 g/mol. The molecule has 4 heteroatoms. The maximum atomic E-state index is 13.2. The zero-order valence-corrected chi connectivity index (χ0v) is 14.4. The van der Waals surface area contributed by atoms with E-state index in [0.717, 1.165) is 58.0 Å². The number of carbonyl (C=O) groups is 1. The van der Waals surface area contributed by atoms with Gasteiger partial charge in [0, 0.05) is 13.1 Å². The van der Waals surface area contributed by atoms with Crippen LogP contribution in [0.2, 0.25) is 0 Å². The average molecular weight is 311 g/mol. The Balaban J connectivity index is 2.18. The lowest BCUT2D eigenvalue weighted by Crippen LogP contribution is -2.50. The van der Waals surface area contributed by atoms with Gasteiger partial charge in [0.2, 0.25) is 5.91 Å². The molecule has 2 aliphatic rings. The Morgan fingerprint density at radius 3 is 2.10 bits per heavy atom. The molecule has 0 aromatic carbocycles. The van der Waals surface area contributed by atoms with E-state index in [-0.39, 0.29) is 5.91 Å². The van der Waals surface area contributed by atoms with Crippen LogP contribution in [0.5, 0.6) is 0 Å². The van der Waals surface area contributed by atoms with Crippen LogP contribution in [0, 0.1) is 10.8 Å². The van der Waals surface area contributed by atoms with Gasteiger partial charge in [-0.3, -0.25) is 4.79 Å². The van der Waals surface area contributed by atoms with Crippen molar-refractivity contribution in [1.29, 1.82) is 0 Å². The van der Waals surface area contributed by atoms with Crippen molar-refractivity contribution in [3.8, 4) is 0 Å². The average Bonchev–Trinajstić information content (AvgIpc) is 2.76. The van der Waals surface area contributed by atoms with Gasteiger partial charge in [0.05, 0.1) is 10.4 Å². The first-order valence-electron chi connectivity index (χ1n) is 8.59. The second-order valence-corrected chi connectivity index (χ2v) is 7.48. The summed E-state index contributed by atoms with van der Waals surface area (Å²) < 4.78 is 0. The van der Waals surface area contributed by atoms with Crippen LogP contribution in [0.3, 0.4) is 0 Å². The fourth-order valence-corrected chi connectivity index (χ4v) is 4.43. The fourth-order valence-electron chi connectivity index (χ4n) is 4.14. The zero-order valence-electron chi connectivity index (χ0n) is 13.6. The molecule has 1 heterocycles. The number of carbonyl (C=O) groups excluding carboxylic acids is 1. The molecule has 0 atom stereocenters. The Bertz CT molecular complexity index is 396. The Labute approximate surface area is 134 Å². The summed E-state index contributed by atoms with van der Waals surface area (Å²) in [6, 6.07) is 0. The van der Waals surface area contributed by atoms with Crippen molar-refractivity contribution in [3.63, 3.8) is 0 Å². The monoisotopic (exact) mass is 310 g/mol. The number of thiocarbonyl (C=S) groups is 1. The van der Waals surface area contributed by atoms with Crippen LogP contribution >= 0.6 is 12.2 Å². The van der Waals surface area contributed by atoms with Gasteiger partial charge in [-0.05, 0) is 37.5 Å². The molecule has 0 aromatic heterocycles. The molecule has 3 nitrogen and oxygen atoms in total. The molecule has 0 spiro atoms. The third kappa shape index (κ3) is 3.10. The van der Waals surface area contributed by atoms with E-state index >= 15 is 0 Å². The Morgan fingerprint density at radius 2 is 1.67 bits per heavy atom. The molecule has 0 aromatic rings. The lowest BCUT2D eigenvalue weighted by atomic mass is 9.78. The smallest absolute Gasteiger partial charge is 0.235 e. The normalized spacial score (nSPS) is 24.6. The number of nitrogens with zero attached hydrogens (tertiary/aromatic N) is 1. The van der Waals surface area contributed by atoms with Gasteiger partial charge in [-0.2, -0.15) is 0 Å². The number of hydrogen-bond acceptors (Lipinski definition) is 2. The molecule has 120 valence electrons. The Kier molecular flexibility index (Phi) is 5.29. The minimum absolute atomic E-state index is 0.223. The van der Waals surface area contributed by atoms with Gasteiger partial charge in [-0.25, -0.2) is 0 Å². The summed E-state index contributed by atoms with van der Waals surface area (Å²) in [5.41, 5.74) is 5.82. The van der Waals surface area contributed by atoms with Gasteiger partial charge in [0.15, 0.2) is 0 Å². The van der Waals surface area contributed by atoms with E-state index < -0.39 is 5.41 Å². The van der Waals surface area contributed by atoms with Crippen molar-refractivity contribution in [1.82, 2.24) is 4.90 Å². The highest BCUT2D eigenvalue weighted by Crippen LogP contribution is 2.42. The summed E-state index contributed by atoms with van der Waals surface area (Å²) >= 11 is 5.34. The number of rotatable bonds is 4. The quantitative estimate of drug-likeness (QED) is 0.637. The minimum Gasteiger partial charge on any atom is -0.392 e. The van der Waals surface area contributed by atoms with Crippen molar-refractivity contribution in [2.24, 2.45) is 16.6 Å². The number of amides is 1. The predicted molar refractivity (Wildman–Crippen MR) is 91.1 cm³/mol. The van der Waals surface area contributed by atoms with Gasteiger partial charge in [0.25, 0.3) is 0 Å². The molecule has 2 N–H and O–H groups in total. The van der Waals surface area contributed by atoms with E-state index in [2.05, 4.69) is 18.7 Å². The van der Waals surface area contributed by atoms with Gasteiger partial charge in [-0.15, -0.1) is 0 Å². The van der Waals surface area contributed by atoms with Crippen molar-refractivity contribution < 1.29 is 4.79 Å². The lowest BCUT2D eigenvalue weighted by Gasteiger charge is -2.35. The van der Waals surface area contributed by atoms with E-state index in [1.165, 1.54) is 12.8 Å². The molecule has 1 aliphatic heterocycles. The van der Waals surface area contributed by atoms with Gasteiger partial charge >= 0.3 is 0 Å². The highest BCUT2D eigenvalue weighted by molar-refractivity contribution is 7.80. The van der Waals surface area contributed by atoms with E-state index in [4.69, 9.17) is 18.0 Å². The number of hydrogen-bond donors (Lipinski definition) is 1. The SMILES string of the molecule is CCC1(CC)CCN(C(=O)C2(C(N)=S)CCCCCC2)C1. The zero-order chi connectivity index (χ0) is 15.5. The minimum atomic E-state index is -0.552. The van der Waals surface area contributed by atoms with E-state index in [9.17, 15) is 4.79 Å². The van der Waals surface area contributed by atoms with Gasteiger partial charge < -0.3 is 10.6 Å². The summed E-state index contributed by atoms with van der Waals surface area (Å²) in [6.45, 7) is 6.26. The molecule has 2 rings (SSSR count). The molecule has 2 fully saturated rings. The fraction of sp³-hybridized carbons (Fsp3) is 0.882. The highest BCUT2D eigenvalue weighted by Gasteiger charge is 2.47. The standard InChI is InChI=1S/C17H30N2OS/c1-3-16(4-2)11-12-19(13-16)15(20)17(14(18)21)9-7-5-6-8-10-17/h3-13H2,1-2H3,(H2,18,21). The third-order valence-electron chi connectivity index (χ3n) is 6.06. The molecular formula is C17H30N2OS. The summed E-state index contributed by atoms with van der Waals surface area (Å²) in [7, 11) is 0. The van der Waals surface area contributed by atoms with E-state index in [1.807, 2.05) is 0 Å². The van der Waals surface area contributed by atoms with Crippen LogP contribution in [0.4, 0.5) is 0 Å². The molecule has 1 saturated heterocycles. The second-order valence-electron chi connectivity index (χ2n) is 7.04. The summed E-state index contributed by atoms with van der Waals surface area (Å²) in [4.78, 5) is 15.7. The Morgan fingerprint density at radius 1 is 1.10 bits per heavy atom. The van der Waals surface area contributed by atoms with E-state index in [1.54, 1.807) is 0 Å². The topological polar surface area (TPSA) is 46.3 Å². The Hall–Kier alpha value is -0.640. The van der Waals surface area contributed by atoms with Crippen LogP contribution < -0.4 is 5.73 Å². The van der Waals surface area contributed by atoms with Crippen LogP contribution in [0.1, 0.15) is 71.6 Å². The van der Waals surface area contributed by atoms with Crippen LogP contribution in [-0.4, -0.2) is 28.9 Å². The molecule has 1 amide bonds. The first-order chi connectivity index (χ1) is 9.99. The number of nitrogens with two attached hydrogens (primary N) is 1. The van der Waals surface area contributed by atoms with Gasteiger partial charge in [0.1, 0.15) is 0 Å². The first-order valence-corrected chi connectivity index (χ1v) is 9.00. The summed E-state index contributed by atoms with van der Waals surface area (Å²) in [6.07, 6.45) is 9.66. The molecule has 1 saturated carbocycles. The molecule has 1 aliphatic carbocycles. The van der Waals surface area contributed by atoms with Crippen LogP contribution in [0.25, 0.3) is 0 Å². The molecule has 21 heavy (non-hydrogen) atoms. The molecule has 0 bridgehead atoms. The lowest BCUT2D eigenvalue weighted by molar-refractivity contribution is -0.138. The van der Waals surface area contributed by atoms with Crippen molar-refractivity contribution in [3.05, 3.63) is 0 Å². The molecule has 0 radical (unpaired) electrons. The highest BCUT2D eigenvalue weighted by atomic mass is 32.1. The van der Waals surface area contributed by atoms with Crippen molar-refractivity contribution in [2.45, 2.75) is 71.6 Å². The maximum Gasteiger partial charge on any atom is 0.235 e. The molecule has 0 unspecified atom stereocenters. The first kappa shape index (κ1) is 16.7. The number of likely N-dealkylation sites (tertiary alicyclic amines) is 1. The summed E-state index contributed by atoms with van der Waals surface area (Å²) in [5.74, 6) is 0.223. The van der Waals surface area contributed by atoms with Crippen molar-refractivity contribution in [2.75, 3.05) is 13.1 Å². The second kappa shape index (κ2) is 6.64. The van der Waals surface area contributed by atoms with E-state index in [0.29, 0.717) is 10.4 Å². The largest absolute Gasteiger partial charge is 0.392 e. The predicted octanol–water partition coefficient (Wildman–Crippen LogP) is 3.65.